The Morgan fingerprint density at radius 1 is 1.28 bits per heavy atom. The van der Waals surface area contributed by atoms with E-state index in [0.29, 0.717) is 0 Å². The Bertz CT molecular complexity index is 667. The van der Waals surface area contributed by atoms with Crippen LogP contribution in [0.3, 0.4) is 0 Å². The zero-order chi connectivity index (χ0) is 13.5. The standard InChI is InChI=1S/C11H9F3N2O2/c1-2-8(17)6-3-5(11(12,13)14)4-7-9(6)16-10(18)15-7/h3-4H,2H2,1H3,(H2,15,16,18). The average molecular weight is 258 g/mol. The summed E-state index contributed by atoms with van der Waals surface area (Å²) in [6.07, 6.45) is -4.51. The molecule has 7 heteroatoms. The van der Waals surface area contributed by atoms with E-state index in [4.69, 9.17) is 0 Å². The molecule has 1 aromatic heterocycles. The molecule has 0 saturated heterocycles. The molecule has 2 N–H and O–H groups in total. The van der Waals surface area contributed by atoms with Crippen LogP contribution in [0.5, 0.6) is 0 Å². The van der Waals surface area contributed by atoms with Crippen molar-refractivity contribution in [2.45, 2.75) is 19.5 Å². The molecular formula is C11H9F3N2O2. The number of halogens is 3. The SMILES string of the molecule is CCC(=O)c1cc(C(F)(F)F)cc2[nH]c(=O)[nH]c12. The minimum absolute atomic E-state index is 0.0216. The third kappa shape index (κ3) is 2.03. The van der Waals surface area contributed by atoms with Gasteiger partial charge in [0.2, 0.25) is 0 Å². The van der Waals surface area contributed by atoms with Gasteiger partial charge in [0.1, 0.15) is 0 Å². The van der Waals surface area contributed by atoms with E-state index in [1.165, 1.54) is 0 Å². The molecule has 0 atom stereocenters. The second-order valence-corrected chi connectivity index (χ2v) is 3.80. The number of fused-ring (bicyclic) bond motifs is 1. The molecule has 0 unspecified atom stereocenters. The number of carbonyl (C=O) groups excluding carboxylic acids is 1. The summed E-state index contributed by atoms with van der Waals surface area (Å²) in [7, 11) is 0. The predicted octanol–water partition coefficient (Wildman–Crippen LogP) is 2.47. The van der Waals surface area contributed by atoms with Gasteiger partial charge >= 0.3 is 11.9 Å². The van der Waals surface area contributed by atoms with E-state index >= 15 is 0 Å². The van der Waals surface area contributed by atoms with E-state index < -0.39 is 23.2 Å². The summed E-state index contributed by atoms with van der Waals surface area (Å²) in [5.41, 5.74) is -1.64. The number of imidazole rings is 1. The van der Waals surface area contributed by atoms with Crippen molar-refractivity contribution in [2.24, 2.45) is 0 Å². The first kappa shape index (κ1) is 12.4. The van der Waals surface area contributed by atoms with Crippen molar-refractivity contribution < 1.29 is 18.0 Å². The van der Waals surface area contributed by atoms with Gasteiger partial charge in [0.05, 0.1) is 16.6 Å². The molecule has 0 amide bonds. The average Bonchev–Trinajstić information content (AvgIpc) is 2.65. The maximum Gasteiger partial charge on any atom is 0.416 e. The van der Waals surface area contributed by atoms with Crippen LogP contribution >= 0.6 is 0 Å². The van der Waals surface area contributed by atoms with E-state index in [1.54, 1.807) is 6.92 Å². The van der Waals surface area contributed by atoms with Crippen LogP contribution in [0.1, 0.15) is 29.3 Å². The van der Waals surface area contributed by atoms with Gasteiger partial charge in [-0.1, -0.05) is 6.92 Å². The van der Waals surface area contributed by atoms with Crippen LogP contribution < -0.4 is 5.69 Å². The molecule has 0 fully saturated rings. The van der Waals surface area contributed by atoms with Gasteiger partial charge in [-0.25, -0.2) is 4.79 Å². The second kappa shape index (κ2) is 4.01. The molecule has 1 aromatic carbocycles. The van der Waals surface area contributed by atoms with Crippen molar-refractivity contribution in [3.05, 3.63) is 33.7 Å². The van der Waals surface area contributed by atoms with Crippen LogP contribution in [0, 0.1) is 0 Å². The molecule has 96 valence electrons. The summed E-state index contributed by atoms with van der Waals surface area (Å²) < 4.78 is 38.0. The van der Waals surface area contributed by atoms with Gasteiger partial charge in [-0.2, -0.15) is 13.2 Å². The Kier molecular flexibility index (Phi) is 2.76. The fourth-order valence-corrected chi connectivity index (χ4v) is 1.72. The van der Waals surface area contributed by atoms with Crippen molar-refractivity contribution in [2.75, 3.05) is 0 Å². The number of aromatic amines is 2. The second-order valence-electron chi connectivity index (χ2n) is 3.80. The summed E-state index contributed by atoms with van der Waals surface area (Å²) in [6.45, 7) is 1.54. The van der Waals surface area contributed by atoms with Crippen molar-refractivity contribution in [3.8, 4) is 0 Å². The van der Waals surface area contributed by atoms with E-state index in [1.807, 2.05) is 0 Å². The van der Waals surface area contributed by atoms with E-state index in [2.05, 4.69) is 9.97 Å². The van der Waals surface area contributed by atoms with Crippen LogP contribution in [0.15, 0.2) is 16.9 Å². The van der Waals surface area contributed by atoms with Gasteiger partial charge in [-0.05, 0) is 12.1 Å². The number of benzene rings is 1. The largest absolute Gasteiger partial charge is 0.416 e. The minimum atomic E-state index is -4.56. The molecular weight excluding hydrogens is 249 g/mol. The Morgan fingerprint density at radius 2 is 1.94 bits per heavy atom. The van der Waals surface area contributed by atoms with Gasteiger partial charge in [0.15, 0.2) is 5.78 Å². The van der Waals surface area contributed by atoms with Crippen LogP contribution in [-0.2, 0) is 6.18 Å². The number of H-pyrrole nitrogens is 2. The molecule has 4 nitrogen and oxygen atoms in total. The van der Waals surface area contributed by atoms with E-state index in [0.717, 1.165) is 12.1 Å². The van der Waals surface area contributed by atoms with Crippen LogP contribution in [0.2, 0.25) is 0 Å². The Labute approximate surface area is 98.8 Å². The number of rotatable bonds is 2. The summed E-state index contributed by atoms with van der Waals surface area (Å²) in [6, 6.07) is 1.57. The molecule has 0 saturated carbocycles. The molecule has 0 bridgehead atoms. The third-order valence-corrected chi connectivity index (χ3v) is 2.57. The molecule has 0 spiro atoms. The van der Waals surface area contributed by atoms with Crippen LogP contribution in [0.25, 0.3) is 11.0 Å². The number of alkyl halides is 3. The third-order valence-electron chi connectivity index (χ3n) is 2.57. The fraction of sp³-hybridized carbons (Fsp3) is 0.273. The summed E-state index contributed by atoms with van der Waals surface area (Å²) in [4.78, 5) is 27.3. The zero-order valence-corrected chi connectivity index (χ0v) is 9.31. The molecule has 1 heterocycles. The van der Waals surface area contributed by atoms with Crippen LogP contribution in [0.4, 0.5) is 13.2 Å². The molecule has 18 heavy (non-hydrogen) atoms. The summed E-state index contributed by atoms with van der Waals surface area (Å²) >= 11 is 0. The Morgan fingerprint density at radius 3 is 2.50 bits per heavy atom. The number of carbonyl (C=O) groups is 1. The van der Waals surface area contributed by atoms with E-state index in [-0.39, 0.29) is 23.0 Å². The smallest absolute Gasteiger partial charge is 0.306 e. The van der Waals surface area contributed by atoms with Gasteiger partial charge in [0, 0.05) is 12.0 Å². The summed E-state index contributed by atoms with van der Waals surface area (Å²) in [5, 5.41) is 0. The monoisotopic (exact) mass is 258 g/mol. The van der Waals surface area contributed by atoms with Crippen molar-refractivity contribution in [1.29, 1.82) is 0 Å². The number of hydrogen-bond donors (Lipinski definition) is 2. The first-order chi connectivity index (χ1) is 8.32. The minimum Gasteiger partial charge on any atom is -0.306 e. The maximum absolute atomic E-state index is 12.7. The molecule has 0 aliphatic rings. The molecule has 2 aromatic rings. The molecule has 0 radical (unpaired) electrons. The van der Waals surface area contributed by atoms with Gasteiger partial charge in [0.25, 0.3) is 0 Å². The van der Waals surface area contributed by atoms with Gasteiger partial charge in [-0.15, -0.1) is 0 Å². The highest BCUT2D eigenvalue weighted by atomic mass is 19.4. The number of ketones is 1. The quantitative estimate of drug-likeness (QED) is 0.812. The molecule has 0 aliphatic carbocycles. The lowest BCUT2D eigenvalue weighted by molar-refractivity contribution is -0.137. The summed E-state index contributed by atoms with van der Waals surface area (Å²) in [5.74, 6) is -0.457. The fourth-order valence-electron chi connectivity index (χ4n) is 1.72. The lowest BCUT2D eigenvalue weighted by Crippen LogP contribution is -2.08. The molecule has 0 aliphatic heterocycles. The first-order valence-corrected chi connectivity index (χ1v) is 5.19. The topological polar surface area (TPSA) is 65.7 Å². The van der Waals surface area contributed by atoms with Crippen molar-refractivity contribution in [1.82, 2.24) is 9.97 Å². The van der Waals surface area contributed by atoms with Crippen molar-refractivity contribution >= 4 is 16.8 Å². The first-order valence-electron chi connectivity index (χ1n) is 5.19. The van der Waals surface area contributed by atoms with Gasteiger partial charge < -0.3 is 9.97 Å². The zero-order valence-electron chi connectivity index (χ0n) is 9.31. The highest BCUT2D eigenvalue weighted by molar-refractivity contribution is 6.06. The lowest BCUT2D eigenvalue weighted by atomic mass is 10.0. The van der Waals surface area contributed by atoms with Gasteiger partial charge in [-0.3, -0.25) is 4.79 Å². The lowest BCUT2D eigenvalue weighted by Gasteiger charge is -2.09. The van der Waals surface area contributed by atoms with E-state index in [9.17, 15) is 22.8 Å². The van der Waals surface area contributed by atoms with Crippen molar-refractivity contribution in [3.63, 3.8) is 0 Å². The Hall–Kier alpha value is -2.05. The number of nitrogens with one attached hydrogen (secondary N) is 2. The molecule has 2 rings (SSSR count). The predicted molar refractivity (Wildman–Crippen MR) is 58.5 cm³/mol. The van der Waals surface area contributed by atoms with Crippen LogP contribution in [-0.4, -0.2) is 15.8 Å². The maximum atomic E-state index is 12.7. The number of Topliss-reactive ketones (excluding diaryl/α,β-unsaturated/α-hetero) is 1. The highest BCUT2D eigenvalue weighted by Crippen LogP contribution is 2.32. The highest BCUT2D eigenvalue weighted by Gasteiger charge is 2.32. The number of aromatic nitrogens is 2. The number of hydrogen-bond acceptors (Lipinski definition) is 2. The Balaban J connectivity index is 2.80. The normalized spacial score (nSPS) is 12.0.